The second kappa shape index (κ2) is 8.86. The molecule has 2 aromatic carbocycles. The number of hydrogen-bond acceptors (Lipinski definition) is 6. The van der Waals surface area contributed by atoms with Crippen LogP contribution >= 0.6 is 11.8 Å². The number of benzene rings is 2. The summed E-state index contributed by atoms with van der Waals surface area (Å²) in [4.78, 5) is 15.1. The molecule has 3 heterocycles. The Morgan fingerprint density at radius 1 is 1.12 bits per heavy atom. The Kier molecular flexibility index (Phi) is 5.78. The molecule has 1 aromatic heterocycles. The first kappa shape index (κ1) is 20.9. The van der Waals surface area contributed by atoms with Crippen molar-refractivity contribution in [3.05, 3.63) is 53.6 Å². The topological polar surface area (TPSA) is 69.5 Å². The molecule has 2 aliphatic heterocycles. The third-order valence-electron chi connectivity index (χ3n) is 5.96. The monoisotopic (exact) mass is 450 g/mol. The van der Waals surface area contributed by atoms with E-state index in [0.717, 1.165) is 53.0 Å². The van der Waals surface area contributed by atoms with Crippen LogP contribution in [0.5, 0.6) is 11.5 Å². The van der Waals surface area contributed by atoms with E-state index in [9.17, 15) is 4.79 Å². The summed E-state index contributed by atoms with van der Waals surface area (Å²) < 4.78 is 13.3. The van der Waals surface area contributed by atoms with Crippen LogP contribution < -0.4 is 9.47 Å². The molecule has 2 aliphatic rings. The van der Waals surface area contributed by atoms with E-state index in [2.05, 4.69) is 29.3 Å². The number of aryl methyl sites for hydroxylation is 1. The first-order chi connectivity index (χ1) is 15.6. The van der Waals surface area contributed by atoms with E-state index < -0.39 is 0 Å². The fourth-order valence-electron chi connectivity index (χ4n) is 4.36. The first-order valence-electron chi connectivity index (χ1n) is 10.9. The highest BCUT2D eigenvalue weighted by Crippen LogP contribution is 2.38. The van der Waals surface area contributed by atoms with Gasteiger partial charge in [-0.15, -0.1) is 10.2 Å². The smallest absolute Gasteiger partial charge is 0.233 e. The quantitative estimate of drug-likeness (QED) is 0.547. The van der Waals surface area contributed by atoms with E-state index in [-0.39, 0.29) is 11.9 Å². The summed E-state index contributed by atoms with van der Waals surface area (Å²) in [5, 5.41) is 9.41. The average molecular weight is 451 g/mol. The molecule has 3 aromatic rings. The molecule has 1 atom stereocenters. The lowest BCUT2D eigenvalue weighted by Gasteiger charge is -2.26. The zero-order valence-corrected chi connectivity index (χ0v) is 19.1. The minimum Gasteiger partial charge on any atom is -0.486 e. The van der Waals surface area contributed by atoms with Gasteiger partial charge in [-0.3, -0.25) is 4.79 Å². The van der Waals surface area contributed by atoms with Crippen LogP contribution in [0.15, 0.2) is 47.6 Å². The molecule has 0 unspecified atom stereocenters. The van der Waals surface area contributed by atoms with Gasteiger partial charge in [0.05, 0.1) is 11.8 Å². The van der Waals surface area contributed by atoms with Crippen LogP contribution in [0.4, 0.5) is 0 Å². The van der Waals surface area contributed by atoms with Gasteiger partial charge in [0.15, 0.2) is 22.5 Å². The van der Waals surface area contributed by atoms with Gasteiger partial charge in [-0.2, -0.15) is 0 Å². The summed E-state index contributed by atoms with van der Waals surface area (Å²) in [6, 6.07) is 14.3. The fourth-order valence-corrected chi connectivity index (χ4v) is 5.16. The normalized spacial score (nSPS) is 17.6. The largest absolute Gasteiger partial charge is 0.486 e. The van der Waals surface area contributed by atoms with E-state index in [4.69, 9.17) is 9.47 Å². The minimum absolute atomic E-state index is 0.0706. The Morgan fingerprint density at radius 2 is 1.97 bits per heavy atom. The number of likely N-dealkylation sites (tertiary alicyclic amines) is 1. The van der Waals surface area contributed by atoms with E-state index in [1.807, 2.05) is 46.8 Å². The van der Waals surface area contributed by atoms with Gasteiger partial charge in [-0.25, -0.2) is 0 Å². The van der Waals surface area contributed by atoms with Crippen molar-refractivity contribution in [1.29, 1.82) is 0 Å². The maximum Gasteiger partial charge on any atom is 0.233 e. The maximum atomic E-state index is 13.1. The summed E-state index contributed by atoms with van der Waals surface area (Å²) in [7, 11) is 1.94. The highest BCUT2D eigenvalue weighted by molar-refractivity contribution is 7.99. The first-order valence-corrected chi connectivity index (χ1v) is 11.9. The van der Waals surface area contributed by atoms with E-state index in [0.29, 0.717) is 19.0 Å². The lowest BCUT2D eigenvalue weighted by Crippen LogP contribution is -2.32. The van der Waals surface area contributed by atoms with Gasteiger partial charge >= 0.3 is 0 Å². The van der Waals surface area contributed by atoms with Crippen molar-refractivity contribution in [2.75, 3.05) is 25.5 Å². The third-order valence-corrected chi connectivity index (χ3v) is 6.97. The summed E-state index contributed by atoms with van der Waals surface area (Å²) in [6.45, 7) is 3.96. The molecule has 1 amide bonds. The van der Waals surface area contributed by atoms with Crippen LogP contribution in [0.3, 0.4) is 0 Å². The van der Waals surface area contributed by atoms with Crippen LogP contribution in [-0.2, 0) is 11.8 Å². The summed E-state index contributed by atoms with van der Waals surface area (Å²) in [5.74, 6) is 2.80. The van der Waals surface area contributed by atoms with Crippen molar-refractivity contribution in [3.8, 4) is 22.9 Å². The molecular weight excluding hydrogens is 424 g/mol. The number of amides is 1. The molecule has 1 saturated heterocycles. The number of fused-ring (bicyclic) bond motifs is 1. The van der Waals surface area contributed by atoms with Crippen molar-refractivity contribution >= 4 is 17.7 Å². The SMILES string of the molecule is Cc1cccc(-c2nnc(SCC(=O)N3CCC[C@@H]3c3ccc4c(c3)OCCO4)n2C)c1. The van der Waals surface area contributed by atoms with Gasteiger partial charge < -0.3 is 18.9 Å². The Balaban J connectivity index is 1.27. The standard InChI is InChI=1S/C24H26N4O3S/c1-16-5-3-6-18(13-16)23-25-26-24(27(23)2)32-15-22(29)28-10-4-7-19(28)17-8-9-20-21(14-17)31-12-11-30-20/h3,5-6,8-9,13-14,19H,4,7,10-12,15H2,1-2H3/t19-/m1/s1. The van der Waals surface area contributed by atoms with Crippen LogP contribution in [0.25, 0.3) is 11.4 Å². The summed E-state index contributed by atoms with van der Waals surface area (Å²) >= 11 is 1.44. The lowest BCUT2D eigenvalue weighted by atomic mass is 10.0. The highest BCUT2D eigenvalue weighted by atomic mass is 32.2. The molecule has 5 rings (SSSR count). The van der Waals surface area contributed by atoms with Crippen LogP contribution in [0.2, 0.25) is 0 Å². The van der Waals surface area contributed by atoms with Gasteiger partial charge in [-0.05, 0) is 43.5 Å². The Morgan fingerprint density at radius 3 is 2.81 bits per heavy atom. The predicted octanol–water partition coefficient (Wildman–Crippen LogP) is 4.02. The lowest BCUT2D eigenvalue weighted by molar-refractivity contribution is -0.129. The molecule has 8 heteroatoms. The highest BCUT2D eigenvalue weighted by Gasteiger charge is 2.31. The van der Waals surface area contributed by atoms with Gasteiger partial charge in [0.1, 0.15) is 13.2 Å². The van der Waals surface area contributed by atoms with Crippen molar-refractivity contribution in [3.63, 3.8) is 0 Å². The number of carbonyl (C=O) groups is 1. The van der Waals surface area contributed by atoms with Gasteiger partial charge in [0, 0.05) is 19.2 Å². The summed E-state index contributed by atoms with van der Waals surface area (Å²) in [6.07, 6.45) is 1.95. The number of ether oxygens (including phenoxy) is 2. The molecule has 0 aliphatic carbocycles. The molecule has 0 N–H and O–H groups in total. The molecule has 0 spiro atoms. The minimum atomic E-state index is 0.0706. The van der Waals surface area contributed by atoms with Gasteiger partial charge in [0.25, 0.3) is 0 Å². The van der Waals surface area contributed by atoms with Crippen molar-refractivity contribution in [2.45, 2.75) is 31.0 Å². The number of rotatable bonds is 5. The fraction of sp³-hybridized carbons (Fsp3) is 0.375. The molecule has 0 bridgehead atoms. The zero-order chi connectivity index (χ0) is 22.1. The molecule has 166 valence electrons. The second-order valence-electron chi connectivity index (χ2n) is 8.17. The Hall–Kier alpha value is -3.00. The van der Waals surface area contributed by atoms with E-state index in [1.54, 1.807) is 0 Å². The summed E-state index contributed by atoms with van der Waals surface area (Å²) in [5.41, 5.74) is 3.30. The third kappa shape index (κ3) is 4.07. The van der Waals surface area contributed by atoms with E-state index >= 15 is 0 Å². The van der Waals surface area contributed by atoms with Crippen molar-refractivity contribution < 1.29 is 14.3 Å². The van der Waals surface area contributed by atoms with Gasteiger partial charge in [0.2, 0.25) is 5.91 Å². The number of carbonyl (C=O) groups excluding carboxylic acids is 1. The van der Waals surface area contributed by atoms with Crippen LogP contribution in [0, 0.1) is 6.92 Å². The van der Waals surface area contributed by atoms with Crippen molar-refractivity contribution in [2.24, 2.45) is 7.05 Å². The number of hydrogen-bond donors (Lipinski definition) is 0. The Labute approximate surface area is 191 Å². The molecular formula is C24H26N4O3S. The van der Waals surface area contributed by atoms with Crippen molar-refractivity contribution in [1.82, 2.24) is 19.7 Å². The van der Waals surface area contributed by atoms with E-state index in [1.165, 1.54) is 17.3 Å². The zero-order valence-electron chi connectivity index (χ0n) is 18.3. The Bertz CT molecular complexity index is 1150. The molecule has 0 saturated carbocycles. The van der Waals surface area contributed by atoms with Gasteiger partial charge in [-0.1, -0.05) is 41.6 Å². The number of aromatic nitrogens is 3. The molecule has 1 fully saturated rings. The molecule has 7 nitrogen and oxygen atoms in total. The molecule has 32 heavy (non-hydrogen) atoms. The van der Waals surface area contributed by atoms with Crippen LogP contribution in [-0.4, -0.2) is 51.1 Å². The maximum absolute atomic E-state index is 13.1. The second-order valence-corrected chi connectivity index (χ2v) is 9.11. The molecule has 0 radical (unpaired) electrons. The predicted molar refractivity (Wildman–Crippen MR) is 123 cm³/mol. The average Bonchev–Trinajstić information content (AvgIpc) is 3.44. The van der Waals surface area contributed by atoms with Crippen LogP contribution in [0.1, 0.15) is 30.0 Å². The number of nitrogens with zero attached hydrogens (tertiary/aromatic N) is 4. The number of thioether (sulfide) groups is 1.